The average Bonchev–Trinajstić information content (AvgIpc) is 2.77. The number of rotatable bonds is 9. The van der Waals surface area contributed by atoms with Gasteiger partial charge in [-0.15, -0.1) is 0 Å². The third kappa shape index (κ3) is 6.04. The van der Waals surface area contributed by atoms with Crippen LogP contribution in [0.1, 0.15) is 76.7 Å². The van der Waals surface area contributed by atoms with Crippen LogP contribution < -0.4 is 10.5 Å². The van der Waals surface area contributed by atoms with Crippen molar-refractivity contribution in [1.29, 1.82) is 0 Å². The summed E-state index contributed by atoms with van der Waals surface area (Å²) in [5.41, 5.74) is 6.51. The van der Waals surface area contributed by atoms with Crippen molar-refractivity contribution in [3.05, 3.63) is 59.7 Å². The molecule has 0 aliphatic rings. The highest BCUT2D eigenvalue weighted by molar-refractivity contribution is 7.85. The number of unbranched alkanes of at least 4 members (excludes halogenated alkanes) is 1. The van der Waals surface area contributed by atoms with Crippen LogP contribution in [0.25, 0.3) is 10.8 Å². The molecule has 0 aliphatic heterocycles. The number of carbonyl (C=O) groups excluding carboxylic acids is 1. The molecule has 3 rings (SSSR count). The summed E-state index contributed by atoms with van der Waals surface area (Å²) in [5, 5.41) is 11.7. The molecule has 3 N–H and O–H groups in total. The van der Waals surface area contributed by atoms with Crippen LogP contribution >= 0.6 is 0 Å². The van der Waals surface area contributed by atoms with Crippen LogP contribution in [0, 0.1) is 5.41 Å². The SMILES string of the molecule is CCCCOc1ccc(C(C)(C)CC(C)(C)C)cc1S(=O)c1cc(C(N)=O)c(O)c2ccccc12. The third-order valence-corrected chi connectivity index (χ3v) is 7.55. The van der Waals surface area contributed by atoms with E-state index in [9.17, 15) is 14.1 Å². The number of carbonyl (C=O) groups is 1. The Morgan fingerprint density at radius 3 is 2.26 bits per heavy atom. The first-order chi connectivity index (χ1) is 16.4. The van der Waals surface area contributed by atoms with Crippen molar-refractivity contribution in [2.45, 2.75) is 76.0 Å². The van der Waals surface area contributed by atoms with Crippen LogP contribution in [0.3, 0.4) is 0 Å². The fraction of sp³-hybridized carbons (Fsp3) is 0.414. The summed E-state index contributed by atoms with van der Waals surface area (Å²) in [7, 11) is -1.69. The Hall–Kier alpha value is -2.86. The molecule has 35 heavy (non-hydrogen) atoms. The Kier molecular flexibility index (Phi) is 7.95. The Balaban J connectivity index is 2.22. The summed E-state index contributed by atoms with van der Waals surface area (Å²) in [4.78, 5) is 13.0. The van der Waals surface area contributed by atoms with Crippen molar-refractivity contribution in [3.63, 3.8) is 0 Å². The van der Waals surface area contributed by atoms with E-state index in [4.69, 9.17) is 10.5 Å². The zero-order chi connectivity index (χ0) is 26.0. The largest absolute Gasteiger partial charge is 0.506 e. The third-order valence-electron chi connectivity index (χ3n) is 6.10. The molecule has 0 saturated heterocycles. The second-order valence-corrected chi connectivity index (χ2v) is 12.4. The molecule has 0 spiro atoms. The van der Waals surface area contributed by atoms with Gasteiger partial charge in [0.15, 0.2) is 0 Å². The van der Waals surface area contributed by atoms with Gasteiger partial charge in [0.05, 0.1) is 32.8 Å². The fourth-order valence-electron chi connectivity index (χ4n) is 4.73. The van der Waals surface area contributed by atoms with Gasteiger partial charge in [-0.25, -0.2) is 4.21 Å². The zero-order valence-electron chi connectivity index (χ0n) is 21.6. The van der Waals surface area contributed by atoms with Crippen LogP contribution in [-0.4, -0.2) is 21.8 Å². The molecule has 3 aromatic rings. The molecule has 0 radical (unpaired) electrons. The predicted molar refractivity (Wildman–Crippen MR) is 143 cm³/mol. The predicted octanol–water partition coefficient (Wildman–Crippen LogP) is 6.70. The van der Waals surface area contributed by atoms with Crippen LogP contribution in [0.5, 0.6) is 11.5 Å². The number of nitrogens with two attached hydrogens (primary N) is 1. The lowest BCUT2D eigenvalue weighted by molar-refractivity contribution is 0.0998. The van der Waals surface area contributed by atoms with Crippen molar-refractivity contribution in [2.24, 2.45) is 11.1 Å². The molecule has 5 nitrogen and oxygen atoms in total. The summed E-state index contributed by atoms with van der Waals surface area (Å²) in [6.45, 7) is 13.6. The average molecular weight is 496 g/mol. The molecule has 188 valence electrons. The van der Waals surface area contributed by atoms with E-state index < -0.39 is 16.7 Å². The van der Waals surface area contributed by atoms with Crippen molar-refractivity contribution < 1.29 is 18.8 Å². The summed E-state index contributed by atoms with van der Waals surface area (Å²) in [6.07, 6.45) is 2.81. The summed E-state index contributed by atoms with van der Waals surface area (Å²) < 4.78 is 20.2. The molecule has 1 amide bonds. The Morgan fingerprint density at radius 1 is 1.00 bits per heavy atom. The van der Waals surface area contributed by atoms with Gasteiger partial charge in [-0.05, 0) is 47.4 Å². The van der Waals surface area contributed by atoms with Gasteiger partial charge < -0.3 is 15.6 Å². The monoisotopic (exact) mass is 495 g/mol. The molecule has 0 heterocycles. The standard InChI is InChI=1S/C29H37NO4S/c1-7-8-15-34-23-14-13-19(29(5,6)18-28(2,3)4)16-25(23)35(33)24-17-22(27(30)32)26(31)21-12-10-9-11-20(21)24/h9-14,16-17,31H,7-8,15,18H2,1-6H3,(H2,30,32). The maximum absolute atomic E-state index is 14.2. The minimum atomic E-state index is -1.69. The van der Waals surface area contributed by atoms with E-state index in [1.807, 2.05) is 18.2 Å². The Bertz CT molecular complexity index is 1260. The maximum atomic E-state index is 14.2. The van der Waals surface area contributed by atoms with Crippen molar-refractivity contribution in [2.75, 3.05) is 6.61 Å². The van der Waals surface area contributed by atoms with Crippen molar-refractivity contribution >= 4 is 27.5 Å². The number of aromatic hydroxyl groups is 1. The van der Waals surface area contributed by atoms with Crippen molar-refractivity contribution in [3.8, 4) is 11.5 Å². The second kappa shape index (κ2) is 10.4. The minimum Gasteiger partial charge on any atom is -0.506 e. The Morgan fingerprint density at radius 2 is 1.66 bits per heavy atom. The van der Waals surface area contributed by atoms with Crippen molar-refractivity contribution in [1.82, 2.24) is 0 Å². The van der Waals surface area contributed by atoms with E-state index in [2.05, 4.69) is 47.6 Å². The topological polar surface area (TPSA) is 89.6 Å². The van der Waals surface area contributed by atoms with Gasteiger partial charge >= 0.3 is 0 Å². The number of benzene rings is 3. The first-order valence-corrected chi connectivity index (χ1v) is 13.2. The number of amides is 1. The van der Waals surface area contributed by atoms with E-state index in [0.29, 0.717) is 32.9 Å². The normalized spacial score (nSPS) is 13.1. The molecule has 3 aromatic carbocycles. The molecule has 0 fully saturated rings. The molecular weight excluding hydrogens is 458 g/mol. The second-order valence-electron chi connectivity index (χ2n) is 10.9. The molecular formula is C29H37NO4S. The molecule has 0 aromatic heterocycles. The van der Waals surface area contributed by atoms with E-state index in [1.54, 1.807) is 18.2 Å². The van der Waals surface area contributed by atoms with Crippen LogP contribution in [0.2, 0.25) is 0 Å². The first kappa shape index (κ1) is 26.7. The van der Waals surface area contributed by atoms with Gasteiger partial charge in [-0.1, -0.05) is 78.3 Å². The van der Waals surface area contributed by atoms with Crippen LogP contribution in [0.4, 0.5) is 0 Å². The Labute approximate surface area is 211 Å². The number of hydrogen-bond donors (Lipinski definition) is 2. The van der Waals surface area contributed by atoms with Crippen LogP contribution in [-0.2, 0) is 16.2 Å². The molecule has 0 bridgehead atoms. The highest BCUT2D eigenvalue weighted by Gasteiger charge is 2.29. The van der Waals surface area contributed by atoms with Gasteiger partial charge in [-0.3, -0.25) is 4.79 Å². The van der Waals surface area contributed by atoms with Gasteiger partial charge in [0, 0.05) is 10.8 Å². The zero-order valence-corrected chi connectivity index (χ0v) is 22.4. The lowest BCUT2D eigenvalue weighted by Crippen LogP contribution is -2.25. The lowest BCUT2D eigenvalue weighted by Gasteiger charge is -2.33. The molecule has 0 saturated carbocycles. The highest BCUT2D eigenvalue weighted by Crippen LogP contribution is 2.41. The molecule has 0 aliphatic carbocycles. The number of phenols is 1. The number of primary amides is 1. The van der Waals surface area contributed by atoms with E-state index in [0.717, 1.165) is 24.8 Å². The fourth-order valence-corrected chi connectivity index (χ4v) is 6.12. The van der Waals surface area contributed by atoms with Gasteiger partial charge in [0.2, 0.25) is 0 Å². The molecule has 6 heteroatoms. The number of hydrogen-bond acceptors (Lipinski definition) is 4. The molecule has 1 atom stereocenters. The van der Waals surface area contributed by atoms with E-state index in [1.165, 1.54) is 6.07 Å². The quantitative estimate of drug-likeness (QED) is 0.323. The molecule has 1 unspecified atom stereocenters. The number of fused-ring (bicyclic) bond motifs is 1. The van der Waals surface area contributed by atoms with Gasteiger partial charge in [-0.2, -0.15) is 0 Å². The smallest absolute Gasteiger partial charge is 0.252 e. The van der Waals surface area contributed by atoms with Gasteiger partial charge in [0.1, 0.15) is 11.5 Å². The number of ether oxygens (including phenoxy) is 1. The highest BCUT2D eigenvalue weighted by atomic mass is 32.2. The van der Waals surface area contributed by atoms with E-state index >= 15 is 0 Å². The maximum Gasteiger partial charge on any atom is 0.252 e. The summed E-state index contributed by atoms with van der Waals surface area (Å²) >= 11 is 0. The van der Waals surface area contributed by atoms with Gasteiger partial charge in [0.25, 0.3) is 5.91 Å². The van der Waals surface area contributed by atoms with Crippen LogP contribution in [0.15, 0.2) is 58.3 Å². The van der Waals surface area contributed by atoms with E-state index in [-0.39, 0.29) is 22.1 Å². The minimum absolute atomic E-state index is 0.0512. The summed E-state index contributed by atoms with van der Waals surface area (Å²) in [6, 6.07) is 14.4. The first-order valence-electron chi connectivity index (χ1n) is 12.1. The summed E-state index contributed by atoms with van der Waals surface area (Å²) in [5.74, 6) is -0.413. The lowest BCUT2D eigenvalue weighted by atomic mass is 9.72.